The van der Waals surface area contributed by atoms with Crippen LogP contribution in [0.2, 0.25) is 0 Å². The number of aliphatic hydroxyl groups is 1. The van der Waals surface area contributed by atoms with E-state index in [0.717, 1.165) is 19.4 Å². The summed E-state index contributed by atoms with van der Waals surface area (Å²) in [7, 11) is 0. The van der Waals surface area contributed by atoms with Gasteiger partial charge in [0.05, 0.1) is 24.7 Å². The molecule has 0 bridgehead atoms. The van der Waals surface area contributed by atoms with E-state index in [-0.39, 0.29) is 24.5 Å². The van der Waals surface area contributed by atoms with Gasteiger partial charge in [-0.25, -0.2) is 4.79 Å². The fourth-order valence-corrected chi connectivity index (χ4v) is 3.12. The van der Waals surface area contributed by atoms with Crippen LogP contribution in [0.4, 0.5) is 0 Å². The Morgan fingerprint density at radius 3 is 2.56 bits per heavy atom. The molecule has 1 fully saturated rings. The fourth-order valence-electron chi connectivity index (χ4n) is 3.12. The molecule has 7 heteroatoms. The second-order valence-corrected chi connectivity index (χ2v) is 6.56. The van der Waals surface area contributed by atoms with Crippen molar-refractivity contribution >= 4 is 11.9 Å². The van der Waals surface area contributed by atoms with Crippen LogP contribution in [0.1, 0.15) is 37.0 Å². The second kappa shape index (κ2) is 10.9. The fraction of sp³-hybridized carbons (Fsp3) is 0.600. The number of benzene rings is 1. The molecular weight excluding hydrogens is 350 g/mol. The first-order valence-electron chi connectivity index (χ1n) is 9.50. The van der Waals surface area contributed by atoms with Crippen molar-refractivity contribution in [3.63, 3.8) is 0 Å². The molecule has 0 saturated carbocycles. The third-order valence-electron chi connectivity index (χ3n) is 4.40. The Labute approximate surface area is 160 Å². The molecule has 2 atom stereocenters. The average Bonchev–Trinajstić information content (AvgIpc) is 2.67. The van der Waals surface area contributed by atoms with Crippen molar-refractivity contribution in [1.29, 1.82) is 0 Å². The van der Waals surface area contributed by atoms with E-state index in [1.165, 1.54) is 0 Å². The molecule has 0 unspecified atom stereocenters. The number of aliphatic hydroxyl groups excluding tert-OH is 1. The smallest absolute Gasteiger partial charge is 0.338 e. The number of nitrogens with zero attached hydrogens (tertiary/aromatic N) is 1. The maximum absolute atomic E-state index is 11.9. The lowest BCUT2D eigenvalue weighted by Gasteiger charge is -2.32. The average molecular weight is 379 g/mol. The van der Waals surface area contributed by atoms with Gasteiger partial charge in [0.25, 0.3) is 0 Å². The third-order valence-corrected chi connectivity index (χ3v) is 4.40. The summed E-state index contributed by atoms with van der Waals surface area (Å²) in [6, 6.07) is 6.62. The summed E-state index contributed by atoms with van der Waals surface area (Å²) in [4.78, 5) is 25.6. The minimum Gasteiger partial charge on any atom is -0.491 e. The molecule has 1 aromatic carbocycles. The molecule has 0 aromatic heterocycles. The van der Waals surface area contributed by atoms with Gasteiger partial charge in [-0.05, 0) is 57.5 Å². The van der Waals surface area contributed by atoms with E-state index in [2.05, 4.69) is 4.90 Å². The monoisotopic (exact) mass is 379 g/mol. The summed E-state index contributed by atoms with van der Waals surface area (Å²) in [5.74, 6) is -0.0765. The molecule has 1 aromatic rings. The molecule has 7 nitrogen and oxygen atoms in total. The zero-order valence-electron chi connectivity index (χ0n) is 16.1. The van der Waals surface area contributed by atoms with Crippen molar-refractivity contribution < 1.29 is 28.9 Å². The Kier molecular flexibility index (Phi) is 8.54. The van der Waals surface area contributed by atoms with Crippen molar-refractivity contribution in [3.05, 3.63) is 29.8 Å². The highest BCUT2D eigenvalue weighted by Gasteiger charge is 2.27. The van der Waals surface area contributed by atoms with Gasteiger partial charge < -0.3 is 19.3 Å². The van der Waals surface area contributed by atoms with Gasteiger partial charge in [0.15, 0.2) is 0 Å². The molecule has 0 aliphatic carbocycles. The van der Waals surface area contributed by atoms with E-state index >= 15 is 0 Å². The molecule has 1 aliphatic rings. The zero-order valence-corrected chi connectivity index (χ0v) is 16.1. The molecule has 150 valence electrons. The molecule has 0 radical (unpaired) electrons. The van der Waals surface area contributed by atoms with Crippen molar-refractivity contribution in [2.45, 2.75) is 32.8 Å². The van der Waals surface area contributed by atoms with E-state index in [4.69, 9.17) is 14.2 Å². The Hall–Kier alpha value is -2.12. The molecule has 27 heavy (non-hydrogen) atoms. The maximum Gasteiger partial charge on any atom is 0.338 e. The van der Waals surface area contributed by atoms with E-state index in [0.29, 0.717) is 37.6 Å². The highest BCUT2D eigenvalue weighted by molar-refractivity contribution is 5.89. The van der Waals surface area contributed by atoms with Gasteiger partial charge in [-0.1, -0.05) is 0 Å². The standard InChI is InChI=1S/C20H29NO6/c1-3-25-19(23)15-7-9-18(10-8-15)27-14-17(22)13-21-11-5-6-16(12-21)20(24)26-4-2/h7-10,16-17,22H,3-6,11-14H2,1-2H3/t16-,17-/m0/s1. The lowest BCUT2D eigenvalue weighted by molar-refractivity contribution is -0.150. The number of hydrogen-bond acceptors (Lipinski definition) is 7. The van der Waals surface area contributed by atoms with Crippen LogP contribution in [0.25, 0.3) is 0 Å². The number of piperidine rings is 1. The Morgan fingerprint density at radius 1 is 1.19 bits per heavy atom. The summed E-state index contributed by atoms with van der Waals surface area (Å²) >= 11 is 0. The van der Waals surface area contributed by atoms with Crippen molar-refractivity contribution in [2.24, 2.45) is 5.92 Å². The van der Waals surface area contributed by atoms with E-state index in [1.807, 2.05) is 0 Å². The number of ether oxygens (including phenoxy) is 3. The second-order valence-electron chi connectivity index (χ2n) is 6.56. The Morgan fingerprint density at radius 2 is 1.89 bits per heavy atom. The van der Waals surface area contributed by atoms with Crippen molar-refractivity contribution in [2.75, 3.05) is 39.5 Å². The SMILES string of the molecule is CCOC(=O)c1ccc(OC[C@@H](O)CN2CCC[C@H](C(=O)OCC)C2)cc1. The number of esters is 2. The van der Waals surface area contributed by atoms with Crippen LogP contribution >= 0.6 is 0 Å². The molecular formula is C20H29NO6. The number of carbonyl (C=O) groups is 2. The highest BCUT2D eigenvalue weighted by atomic mass is 16.5. The van der Waals surface area contributed by atoms with Crippen LogP contribution in [-0.4, -0.2) is 67.5 Å². The minimum atomic E-state index is -0.671. The lowest BCUT2D eigenvalue weighted by atomic mass is 9.98. The minimum absolute atomic E-state index is 0.123. The molecule has 1 N–H and O–H groups in total. The van der Waals surface area contributed by atoms with Crippen LogP contribution in [0.5, 0.6) is 5.75 Å². The number of likely N-dealkylation sites (tertiary alicyclic amines) is 1. The molecule has 0 amide bonds. The van der Waals surface area contributed by atoms with Gasteiger partial charge in [-0.15, -0.1) is 0 Å². The van der Waals surface area contributed by atoms with Crippen LogP contribution < -0.4 is 4.74 Å². The van der Waals surface area contributed by atoms with E-state index in [1.54, 1.807) is 38.1 Å². The lowest BCUT2D eigenvalue weighted by Crippen LogP contribution is -2.44. The van der Waals surface area contributed by atoms with Crippen LogP contribution in [0.3, 0.4) is 0 Å². The summed E-state index contributed by atoms with van der Waals surface area (Å²) in [6.45, 7) is 6.31. The Balaban J connectivity index is 1.76. The van der Waals surface area contributed by atoms with Crippen LogP contribution in [0, 0.1) is 5.92 Å². The highest BCUT2D eigenvalue weighted by Crippen LogP contribution is 2.18. The van der Waals surface area contributed by atoms with Crippen LogP contribution in [0.15, 0.2) is 24.3 Å². The Bertz CT molecular complexity index is 603. The van der Waals surface area contributed by atoms with Gasteiger partial charge in [0.1, 0.15) is 18.5 Å². The van der Waals surface area contributed by atoms with Gasteiger partial charge >= 0.3 is 11.9 Å². The maximum atomic E-state index is 11.9. The number of β-amino-alcohol motifs (C(OH)–C–C–N with tert-alkyl or cyclic N) is 1. The summed E-state index contributed by atoms with van der Waals surface area (Å²) in [6.07, 6.45) is 1.07. The van der Waals surface area contributed by atoms with Gasteiger partial charge in [0, 0.05) is 13.1 Å². The predicted molar refractivity (Wildman–Crippen MR) is 99.7 cm³/mol. The first-order chi connectivity index (χ1) is 13.0. The predicted octanol–water partition coefficient (Wildman–Crippen LogP) is 1.88. The topological polar surface area (TPSA) is 85.3 Å². The number of rotatable bonds is 9. The van der Waals surface area contributed by atoms with Crippen LogP contribution in [-0.2, 0) is 14.3 Å². The molecule has 0 spiro atoms. The third kappa shape index (κ3) is 6.84. The quantitative estimate of drug-likeness (QED) is 0.656. The molecule has 2 rings (SSSR count). The van der Waals surface area contributed by atoms with Crippen molar-refractivity contribution in [1.82, 2.24) is 4.90 Å². The number of hydrogen-bond donors (Lipinski definition) is 1. The zero-order chi connectivity index (χ0) is 19.6. The summed E-state index contributed by atoms with van der Waals surface area (Å²) in [5, 5.41) is 10.2. The summed E-state index contributed by atoms with van der Waals surface area (Å²) < 4.78 is 15.6. The summed E-state index contributed by atoms with van der Waals surface area (Å²) in [5.41, 5.74) is 0.461. The van der Waals surface area contributed by atoms with Gasteiger partial charge in [-0.3, -0.25) is 9.69 Å². The largest absolute Gasteiger partial charge is 0.491 e. The van der Waals surface area contributed by atoms with Gasteiger partial charge in [-0.2, -0.15) is 0 Å². The normalized spacial score (nSPS) is 18.6. The first-order valence-corrected chi connectivity index (χ1v) is 9.50. The van der Waals surface area contributed by atoms with E-state index < -0.39 is 6.10 Å². The van der Waals surface area contributed by atoms with Gasteiger partial charge in [0.2, 0.25) is 0 Å². The first kappa shape index (κ1) is 21.2. The number of carbonyl (C=O) groups excluding carboxylic acids is 2. The molecule has 1 heterocycles. The molecule has 1 aliphatic heterocycles. The van der Waals surface area contributed by atoms with E-state index in [9.17, 15) is 14.7 Å². The molecule has 1 saturated heterocycles. The van der Waals surface area contributed by atoms with Crippen molar-refractivity contribution in [3.8, 4) is 5.75 Å².